The molecular weight excluding hydrogens is 214 g/mol. The normalized spacial score (nSPS) is 22.1. The van der Waals surface area contributed by atoms with Gasteiger partial charge in [-0.1, -0.05) is 0 Å². The third-order valence-corrected chi connectivity index (χ3v) is 3.35. The molecule has 1 unspecified atom stereocenters. The number of carbonyl (C=O) groups is 1. The molecule has 82 valence electrons. The van der Waals surface area contributed by atoms with Crippen LogP contribution in [-0.2, 0) is 9.53 Å². The zero-order chi connectivity index (χ0) is 10.8. The van der Waals surface area contributed by atoms with Gasteiger partial charge < -0.3 is 9.84 Å². The lowest BCUT2D eigenvalue weighted by Crippen LogP contribution is -2.47. The van der Waals surface area contributed by atoms with Gasteiger partial charge >= 0.3 is 0 Å². The van der Waals surface area contributed by atoms with E-state index in [1.165, 1.54) is 4.88 Å². The highest BCUT2D eigenvalue weighted by Crippen LogP contribution is 2.27. The largest absolute Gasteiger partial charge is 0.394 e. The predicted octanol–water partition coefficient (Wildman–Crippen LogP) is 0.781. The fourth-order valence-electron chi connectivity index (χ4n) is 1.52. The van der Waals surface area contributed by atoms with Gasteiger partial charge in [-0.25, -0.2) is 0 Å². The van der Waals surface area contributed by atoms with Crippen molar-refractivity contribution in [3.8, 4) is 0 Å². The molecule has 0 spiro atoms. The van der Waals surface area contributed by atoms with Crippen LogP contribution in [0.3, 0.4) is 0 Å². The van der Waals surface area contributed by atoms with Crippen molar-refractivity contribution in [1.29, 1.82) is 0 Å². The van der Waals surface area contributed by atoms with Gasteiger partial charge in [0.25, 0.3) is 5.91 Å². The molecule has 2 heterocycles. The van der Waals surface area contributed by atoms with E-state index in [4.69, 9.17) is 9.84 Å². The van der Waals surface area contributed by atoms with Crippen LogP contribution in [0.4, 0.5) is 5.00 Å². The molecule has 1 aromatic heterocycles. The summed E-state index contributed by atoms with van der Waals surface area (Å²) in [6.07, 6.45) is -0.259. The summed E-state index contributed by atoms with van der Waals surface area (Å²) in [4.78, 5) is 14.4. The molecule has 1 aliphatic rings. The second kappa shape index (κ2) is 4.30. The van der Waals surface area contributed by atoms with Crippen molar-refractivity contribution in [3.05, 3.63) is 17.0 Å². The predicted molar refractivity (Wildman–Crippen MR) is 58.2 cm³/mol. The van der Waals surface area contributed by atoms with Crippen molar-refractivity contribution in [1.82, 2.24) is 0 Å². The number of rotatable bonds is 2. The van der Waals surface area contributed by atoms with Crippen LogP contribution in [0.2, 0.25) is 0 Å². The molecule has 1 amide bonds. The summed E-state index contributed by atoms with van der Waals surface area (Å²) in [5, 5.41) is 9.92. The van der Waals surface area contributed by atoms with E-state index in [1.807, 2.05) is 19.1 Å². The third-order valence-electron chi connectivity index (χ3n) is 2.33. The molecule has 0 aromatic carbocycles. The maximum absolute atomic E-state index is 11.6. The van der Waals surface area contributed by atoms with Gasteiger partial charge in [-0.2, -0.15) is 0 Å². The lowest BCUT2D eigenvalue weighted by atomic mass is 10.3. The summed E-state index contributed by atoms with van der Waals surface area (Å²) >= 11 is 1.58. The Kier molecular flexibility index (Phi) is 3.04. The third kappa shape index (κ3) is 2.19. The first-order chi connectivity index (χ1) is 7.20. The SMILES string of the molecule is Cc1ccc(N2CC(CO)OCC2=O)s1. The molecule has 4 nitrogen and oxygen atoms in total. The highest BCUT2D eigenvalue weighted by atomic mass is 32.1. The standard InChI is InChI=1S/C10H13NO3S/c1-7-2-3-10(15-7)11-4-8(5-12)14-6-9(11)13/h2-3,8,12H,4-6H2,1H3. The molecule has 1 aromatic rings. The molecule has 0 bridgehead atoms. The van der Waals surface area contributed by atoms with Gasteiger partial charge in [0.15, 0.2) is 0 Å². The van der Waals surface area contributed by atoms with E-state index in [0.29, 0.717) is 6.54 Å². The summed E-state index contributed by atoms with van der Waals surface area (Å²) < 4.78 is 5.16. The number of nitrogens with zero attached hydrogens (tertiary/aromatic N) is 1. The number of aryl methyl sites for hydroxylation is 1. The maximum Gasteiger partial charge on any atom is 0.253 e. The molecular formula is C10H13NO3S. The molecule has 1 atom stereocenters. The van der Waals surface area contributed by atoms with E-state index in [1.54, 1.807) is 16.2 Å². The minimum atomic E-state index is -0.259. The van der Waals surface area contributed by atoms with Crippen LogP contribution in [0, 0.1) is 6.92 Å². The molecule has 1 N–H and O–H groups in total. The van der Waals surface area contributed by atoms with Crippen molar-refractivity contribution >= 4 is 22.2 Å². The Hall–Kier alpha value is -0.910. The van der Waals surface area contributed by atoms with Crippen LogP contribution in [0.15, 0.2) is 12.1 Å². The molecule has 0 saturated carbocycles. The number of hydrogen-bond acceptors (Lipinski definition) is 4. The minimum absolute atomic E-state index is 0.0402. The molecule has 1 aliphatic heterocycles. The number of morpholine rings is 1. The van der Waals surface area contributed by atoms with Gasteiger partial charge in [0.05, 0.1) is 24.3 Å². The van der Waals surface area contributed by atoms with E-state index >= 15 is 0 Å². The average molecular weight is 227 g/mol. The fraction of sp³-hybridized carbons (Fsp3) is 0.500. The summed E-state index contributed by atoms with van der Waals surface area (Å²) in [5.74, 6) is -0.0402. The van der Waals surface area contributed by atoms with Crippen molar-refractivity contribution in [2.75, 3.05) is 24.7 Å². The molecule has 1 fully saturated rings. The second-order valence-electron chi connectivity index (χ2n) is 3.50. The Bertz CT molecular complexity index is 363. The van der Waals surface area contributed by atoms with Crippen LogP contribution in [0.25, 0.3) is 0 Å². The number of carbonyl (C=O) groups excluding carboxylic acids is 1. The lowest BCUT2D eigenvalue weighted by Gasteiger charge is -2.30. The topological polar surface area (TPSA) is 49.8 Å². The Morgan fingerprint density at radius 2 is 2.47 bits per heavy atom. The number of amides is 1. The zero-order valence-electron chi connectivity index (χ0n) is 8.47. The summed E-state index contributed by atoms with van der Waals surface area (Å²) in [5.41, 5.74) is 0. The van der Waals surface area contributed by atoms with E-state index in [2.05, 4.69) is 0 Å². The quantitative estimate of drug-likeness (QED) is 0.812. The number of anilines is 1. The van der Waals surface area contributed by atoms with E-state index in [-0.39, 0.29) is 25.2 Å². The summed E-state index contributed by atoms with van der Waals surface area (Å²) in [7, 11) is 0. The van der Waals surface area contributed by atoms with Crippen LogP contribution in [0.5, 0.6) is 0 Å². The van der Waals surface area contributed by atoms with Crippen LogP contribution < -0.4 is 4.90 Å². The summed E-state index contributed by atoms with van der Waals surface area (Å²) in [6.45, 7) is 2.45. The van der Waals surface area contributed by atoms with Crippen molar-refractivity contribution in [2.24, 2.45) is 0 Å². The Morgan fingerprint density at radius 1 is 1.67 bits per heavy atom. The van der Waals surface area contributed by atoms with Crippen LogP contribution >= 0.6 is 11.3 Å². The second-order valence-corrected chi connectivity index (χ2v) is 4.77. The van der Waals surface area contributed by atoms with Gasteiger partial charge in [-0.15, -0.1) is 11.3 Å². The molecule has 15 heavy (non-hydrogen) atoms. The monoisotopic (exact) mass is 227 g/mol. The van der Waals surface area contributed by atoms with E-state index < -0.39 is 0 Å². The molecule has 0 aliphatic carbocycles. The highest BCUT2D eigenvalue weighted by Gasteiger charge is 2.27. The molecule has 0 radical (unpaired) electrons. The first kappa shape index (κ1) is 10.6. The van der Waals surface area contributed by atoms with Gasteiger partial charge in [0.2, 0.25) is 0 Å². The van der Waals surface area contributed by atoms with Gasteiger partial charge in [0.1, 0.15) is 6.61 Å². The number of aliphatic hydroxyl groups is 1. The summed E-state index contributed by atoms with van der Waals surface area (Å²) in [6, 6.07) is 3.91. The average Bonchev–Trinajstić information content (AvgIpc) is 2.65. The zero-order valence-corrected chi connectivity index (χ0v) is 9.29. The van der Waals surface area contributed by atoms with Crippen molar-refractivity contribution in [3.63, 3.8) is 0 Å². The Morgan fingerprint density at radius 3 is 3.07 bits per heavy atom. The smallest absolute Gasteiger partial charge is 0.253 e. The van der Waals surface area contributed by atoms with Crippen LogP contribution in [0.1, 0.15) is 4.88 Å². The van der Waals surface area contributed by atoms with E-state index in [0.717, 1.165) is 5.00 Å². The Labute approximate surface area is 92.1 Å². The number of ether oxygens (including phenoxy) is 1. The van der Waals surface area contributed by atoms with Crippen molar-refractivity contribution in [2.45, 2.75) is 13.0 Å². The highest BCUT2D eigenvalue weighted by molar-refractivity contribution is 7.16. The van der Waals surface area contributed by atoms with Crippen LogP contribution in [-0.4, -0.2) is 36.9 Å². The minimum Gasteiger partial charge on any atom is -0.394 e. The van der Waals surface area contributed by atoms with Crippen molar-refractivity contribution < 1.29 is 14.6 Å². The van der Waals surface area contributed by atoms with Gasteiger partial charge in [-0.05, 0) is 19.1 Å². The molecule has 2 rings (SSSR count). The molecule has 5 heteroatoms. The maximum atomic E-state index is 11.6. The lowest BCUT2D eigenvalue weighted by molar-refractivity contribution is -0.130. The number of hydrogen-bond donors (Lipinski definition) is 1. The van der Waals surface area contributed by atoms with Gasteiger partial charge in [0, 0.05) is 4.88 Å². The number of aliphatic hydroxyl groups excluding tert-OH is 1. The first-order valence-corrected chi connectivity index (χ1v) is 5.61. The fourth-order valence-corrected chi connectivity index (χ4v) is 2.40. The first-order valence-electron chi connectivity index (χ1n) is 4.80. The molecule has 1 saturated heterocycles. The Balaban J connectivity index is 2.15. The number of thiophene rings is 1. The van der Waals surface area contributed by atoms with E-state index in [9.17, 15) is 4.79 Å². The van der Waals surface area contributed by atoms with Gasteiger partial charge in [-0.3, -0.25) is 9.69 Å².